The molecule has 6 heteroatoms. The second-order valence-corrected chi connectivity index (χ2v) is 10.7. The lowest BCUT2D eigenvalue weighted by atomic mass is 9.82. The summed E-state index contributed by atoms with van der Waals surface area (Å²) >= 11 is 0. The van der Waals surface area contributed by atoms with Gasteiger partial charge in [-0.2, -0.15) is 5.26 Å². The number of nitrogens with one attached hydrogen (secondary N) is 2. The lowest BCUT2D eigenvalue weighted by Crippen LogP contribution is -2.45. The molecule has 3 rings (SSSR count). The molecule has 1 aliphatic carbocycles. The lowest BCUT2D eigenvalue weighted by molar-refractivity contribution is 0.371. The van der Waals surface area contributed by atoms with Gasteiger partial charge in [0.2, 0.25) is 10.0 Å². The van der Waals surface area contributed by atoms with E-state index in [9.17, 15) is 13.7 Å². The van der Waals surface area contributed by atoms with Gasteiger partial charge in [0.1, 0.15) is 11.8 Å². The highest BCUT2D eigenvalue weighted by Crippen LogP contribution is 2.37. The Balaban J connectivity index is 1.72. The minimum Gasteiger partial charge on any atom is -0.346 e. The third kappa shape index (κ3) is 4.26. The van der Waals surface area contributed by atoms with Gasteiger partial charge in [0.05, 0.1) is 4.75 Å². The van der Waals surface area contributed by atoms with Gasteiger partial charge in [-0.05, 0) is 69.6 Å². The van der Waals surface area contributed by atoms with Gasteiger partial charge < -0.3 is 4.98 Å². The third-order valence-electron chi connectivity index (χ3n) is 5.34. The first-order valence-corrected chi connectivity index (χ1v) is 10.9. The second kappa shape index (κ2) is 7.49. The first kappa shape index (κ1) is 19.7. The van der Waals surface area contributed by atoms with Gasteiger partial charge >= 0.3 is 0 Å². The van der Waals surface area contributed by atoms with Gasteiger partial charge in [-0.3, -0.25) is 0 Å². The number of benzene rings is 1. The molecule has 2 aromatic rings. The summed E-state index contributed by atoms with van der Waals surface area (Å²) in [7, 11) is -3.33. The Bertz CT molecular complexity index is 926. The van der Waals surface area contributed by atoms with E-state index < -0.39 is 14.8 Å². The van der Waals surface area contributed by atoms with E-state index in [4.69, 9.17) is 0 Å². The number of sulfonamides is 1. The Morgan fingerprint density at radius 3 is 2.30 bits per heavy atom. The largest absolute Gasteiger partial charge is 0.346 e. The summed E-state index contributed by atoms with van der Waals surface area (Å²) < 4.78 is 26.8. The SMILES string of the molecule is CC(C)(C)S(=O)(=O)N[C@H]1CC[C@H](c2cc(-c3ccccc3)[nH]c2C#N)CC1. The number of rotatable bonds is 4. The number of hydrogen-bond donors (Lipinski definition) is 2. The standard InChI is InChI=1S/C21H27N3O2S/c1-21(2,3)27(25,26)24-17-11-9-15(10-12-17)18-13-19(23-20(18)14-22)16-7-5-4-6-8-16/h4-8,13,15,17,23-24H,9-12H2,1-3H3/t15-,17-. The van der Waals surface area contributed by atoms with Crippen molar-refractivity contribution >= 4 is 10.0 Å². The van der Waals surface area contributed by atoms with E-state index in [1.165, 1.54) is 0 Å². The molecule has 0 radical (unpaired) electrons. The van der Waals surface area contributed by atoms with E-state index in [1.807, 2.05) is 30.3 Å². The van der Waals surface area contributed by atoms with Crippen molar-refractivity contribution in [2.75, 3.05) is 0 Å². The molecular formula is C21H27N3O2S. The molecule has 1 aliphatic rings. The average Bonchev–Trinajstić information content (AvgIpc) is 3.06. The van der Waals surface area contributed by atoms with Crippen molar-refractivity contribution in [2.45, 2.75) is 63.2 Å². The Morgan fingerprint density at radius 2 is 1.74 bits per heavy atom. The highest BCUT2D eigenvalue weighted by Gasteiger charge is 2.33. The summed E-state index contributed by atoms with van der Waals surface area (Å²) in [6.45, 7) is 5.14. The predicted molar refractivity (Wildman–Crippen MR) is 108 cm³/mol. The number of aromatic amines is 1. The molecule has 27 heavy (non-hydrogen) atoms. The molecule has 144 valence electrons. The number of H-pyrrole nitrogens is 1. The monoisotopic (exact) mass is 385 g/mol. The van der Waals surface area contributed by atoms with Crippen molar-refractivity contribution in [1.82, 2.24) is 9.71 Å². The van der Waals surface area contributed by atoms with Crippen LogP contribution >= 0.6 is 0 Å². The van der Waals surface area contributed by atoms with Crippen LogP contribution in [0.25, 0.3) is 11.3 Å². The molecule has 0 saturated heterocycles. The molecule has 1 fully saturated rings. The fourth-order valence-corrected chi connectivity index (χ4v) is 4.60. The van der Waals surface area contributed by atoms with Crippen LogP contribution in [0.2, 0.25) is 0 Å². The minimum atomic E-state index is -3.33. The lowest BCUT2D eigenvalue weighted by Gasteiger charge is -2.31. The van der Waals surface area contributed by atoms with Crippen molar-refractivity contribution in [3.8, 4) is 17.3 Å². The van der Waals surface area contributed by atoms with Crippen LogP contribution < -0.4 is 4.72 Å². The van der Waals surface area contributed by atoms with Crippen LogP contribution in [-0.2, 0) is 10.0 Å². The van der Waals surface area contributed by atoms with Gasteiger partial charge in [-0.25, -0.2) is 13.1 Å². The summed E-state index contributed by atoms with van der Waals surface area (Å²) in [6.07, 6.45) is 3.32. The van der Waals surface area contributed by atoms with Crippen molar-refractivity contribution in [3.05, 3.63) is 47.7 Å². The third-order valence-corrected chi connectivity index (χ3v) is 7.60. The maximum absolute atomic E-state index is 12.4. The molecule has 1 aromatic carbocycles. The first-order chi connectivity index (χ1) is 12.7. The maximum Gasteiger partial charge on any atom is 0.216 e. The molecule has 1 saturated carbocycles. The topological polar surface area (TPSA) is 85.8 Å². The van der Waals surface area contributed by atoms with Crippen LogP contribution in [0.15, 0.2) is 36.4 Å². The van der Waals surface area contributed by atoms with E-state index in [-0.39, 0.29) is 12.0 Å². The molecule has 2 N–H and O–H groups in total. The minimum absolute atomic E-state index is 0.0245. The summed E-state index contributed by atoms with van der Waals surface area (Å²) in [4.78, 5) is 3.24. The summed E-state index contributed by atoms with van der Waals surface area (Å²) in [5.41, 5.74) is 3.69. The van der Waals surface area contributed by atoms with Gasteiger partial charge in [-0.1, -0.05) is 30.3 Å². The van der Waals surface area contributed by atoms with Gasteiger partial charge in [-0.15, -0.1) is 0 Å². The Morgan fingerprint density at radius 1 is 1.11 bits per heavy atom. The number of nitrogens with zero attached hydrogens (tertiary/aromatic N) is 1. The van der Waals surface area contributed by atoms with Crippen LogP contribution in [0, 0.1) is 11.3 Å². The van der Waals surface area contributed by atoms with Gasteiger partial charge in [0.25, 0.3) is 0 Å². The molecule has 0 spiro atoms. The van der Waals surface area contributed by atoms with E-state index in [2.05, 4.69) is 21.8 Å². The van der Waals surface area contributed by atoms with Crippen LogP contribution in [0.3, 0.4) is 0 Å². The normalized spacial score (nSPS) is 21.0. The molecule has 0 bridgehead atoms. The number of aromatic nitrogens is 1. The molecule has 0 amide bonds. The van der Waals surface area contributed by atoms with Crippen LogP contribution in [0.4, 0.5) is 0 Å². The van der Waals surface area contributed by atoms with Crippen LogP contribution in [0.5, 0.6) is 0 Å². The molecule has 0 atom stereocenters. The van der Waals surface area contributed by atoms with E-state index in [1.54, 1.807) is 20.8 Å². The van der Waals surface area contributed by atoms with Crippen molar-refractivity contribution < 1.29 is 8.42 Å². The Hall–Kier alpha value is -2.10. The van der Waals surface area contributed by atoms with Gasteiger partial charge in [0, 0.05) is 11.7 Å². The predicted octanol–water partition coefficient (Wildman–Crippen LogP) is 4.30. The van der Waals surface area contributed by atoms with Crippen LogP contribution in [-0.4, -0.2) is 24.2 Å². The zero-order valence-electron chi connectivity index (χ0n) is 16.1. The number of nitriles is 1. The second-order valence-electron chi connectivity index (χ2n) is 8.27. The smallest absolute Gasteiger partial charge is 0.216 e. The highest BCUT2D eigenvalue weighted by atomic mass is 32.2. The Labute approximate surface area is 161 Å². The fourth-order valence-electron chi connectivity index (χ4n) is 3.58. The zero-order valence-corrected chi connectivity index (χ0v) is 16.9. The first-order valence-electron chi connectivity index (χ1n) is 9.41. The van der Waals surface area contributed by atoms with E-state index in [0.29, 0.717) is 5.69 Å². The van der Waals surface area contributed by atoms with Crippen molar-refractivity contribution in [2.24, 2.45) is 0 Å². The van der Waals surface area contributed by atoms with E-state index in [0.717, 1.165) is 42.5 Å². The van der Waals surface area contributed by atoms with Crippen molar-refractivity contribution in [3.63, 3.8) is 0 Å². The summed E-state index contributed by atoms with van der Waals surface area (Å²) in [6, 6.07) is 14.3. The number of hydrogen-bond acceptors (Lipinski definition) is 3. The molecule has 0 aliphatic heterocycles. The molecule has 0 unspecified atom stereocenters. The average molecular weight is 386 g/mol. The van der Waals surface area contributed by atoms with Gasteiger partial charge in [0.15, 0.2) is 0 Å². The zero-order chi connectivity index (χ0) is 19.7. The highest BCUT2D eigenvalue weighted by molar-refractivity contribution is 7.90. The van der Waals surface area contributed by atoms with Crippen LogP contribution in [0.1, 0.15) is 63.6 Å². The van der Waals surface area contributed by atoms with Crippen molar-refractivity contribution in [1.29, 1.82) is 5.26 Å². The molecule has 1 heterocycles. The molecular weight excluding hydrogens is 358 g/mol. The quantitative estimate of drug-likeness (QED) is 0.823. The summed E-state index contributed by atoms with van der Waals surface area (Å²) in [5, 5.41) is 9.53. The Kier molecular flexibility index (Phi) is 5.45. The molecule has 1 aromatic heterocycles. The molecule has 5 nitrogen and oxygen atoms in total. The summed E-state index contributed by atoms with van der Waals surface area (Å²) in [5.74, 6) is 0.281. The fraction of sp³-hybridized carbons (Fsp3) is 0.476. The maximum atomic E-state index is 12.4. The van der Waals surface area contributed by atoms with E-state index >= 15 is 0 Å².